The zero-order valence-corrected chi connectivity index (χ0v) is 16.2. The summed E-state index contributed by atoms with van der Waals surface area (Å²) < 4.78 is 38.6. The molecule has 2 saturated carbocycles. The van der Waals surface area contributed by atoms with Gasteiger partial charge in [-0.05, 0) is 61.5 Å². The Morgan fingerprint density at radius 1 is 1.11 bits per heavy atom. The van der Waals surface area contributed by atoms with Gasteiger partial charge in [-0.3, -0.25) is 9.69 Å². The minimum Gasteiger partial charge on any atom is -0.353 e. The molecule has 4 rings (SSSR count). The van der Waals surface area contributed by atoms with E-state index in [1.165, 1.54) is 37.8 Å². The molecule has 0 spiro atoms. The van der Waals surface area contributed by atoms with Gasteiger partial charge in [0.1, 0.15) is 0 Å². The minimum atomic E-state index is -4.30. The maximum absolute atomic E-state index is 12.9. The lowest BCUT2D eigenvalue weighted by Crippen LogP contribution is -2.44. The van der Waals surface area contributed by atoms with E-state index in [0.717, 1.165) is 43.8 Å². The molecule has 0 radical (unpaired) electrons. The van der Waals surface area contributed by atoms with Crippen LogP contribution in [-0.2, 0) is 17.5 Å². The topological polar surface area (TPSA) is 32.3 Å². The average Bonchev–Trinajstić information content (AvgIpc) is 3.26. The van der Waals surface area contributed by atoms with Gasteiger partial charge in [0, 0.05) is 32.1 Å². The van der Waals surface area contributed by atoms with E-state index in [9.17, 15) is 18.0 Å². The molecule has 1 aromatic carbocycles. The van der Waals surface area contributed by atoms with E-state index in [4.69, 9.17) is 0 Å². The van der Waals surface area contributed by atoms with Crippen molar-refractivity contribution in [2.75, 3.05) is 13.1 Å². The lowest BCUT2D eigenvalue weighted by Gasteiger charge is -2.33. The second kappa shape index (κ2) is 8.05. The first-order chi connectivity index (χ1) is 13.4. The van der Waals surface area contributed by atoms with E-state index in [1.807, 2.05) is 0 Å². The number of benzene rings is 1. The maximum atomic E-state index is 12.9. The van der Waals surface area contributed by atoms with Crippen LogP contribution in [0.2, 0.25) is 0 Å². The van der Waals surface area contributed by atoms with Gasteiger partial charge in [-0.25, -0.2) is 0 Å². The molecule has 1 N–H and O–H groups in total. The Morgan fingerprint density at radius 3 is 2.54 bits per heavy atom. The quantitative estimate of drug-likeness (QED) is 0.791. The van der Waals surface area contributed by atoms with Gasteiger partial charge in [0.2, 0.25) is 5.91 Å². The number of piperidine rings is 1. The molecule has 1 aliphatic heterocycles. The Bertz CT molecular complexity index is 697. The second-order valence-electron chi connectivity index (χ2n) is 8.96. The van der Waals surface area contributed by atoms with E-state index < -0.39 is 11.7 Å². The Labute approximate surface area is 164 Å². The highest BCUT2D eigenvalue weighted by atomic mass is 19.4. The van der Waals surface area contributed by atoms with Crippen molar-refractivity contribution in [1.29, 1.82) is 0 Å². The molecule has 3 fully saturated rings. The summed E-state index contributed by atoms with van der Waals surface area (Å²) in [7, 11) is 0. The zero-order valence-electron chi connectivity index (χ0n) is 16.2. The molecule has 1 heterocycles. The summed E-state index contributed by atoms with van der Waals surface area (Å²) in [6.45, 7) is 2.13. The Kier molecular flexibility index (Phi) is 5.68. The van der Waals surface area contributed by atoms with Crippen molar-refractivity contribution in [2.24, 2.45) is 17.8 Å². The number of nitrogens with one attached hydrogen (secondary N) is 1. The molecule has 28 heavy (non-hydrogen) atoms. The Balaban J connectivity index is 1.21. The van der Waals surface area contributed by atoms with Crippen molar-refractivity contribution in [3.05, 3.63) is 35.4 Å². The summed E-state index contributed by atoms with van der Waals surface area (Å²) >= 11 is 0. The zero-order chi connectivity index (χ0) is 19.7. The summed E-state index contributed by atoms with van der Waals surface area (Å²) in [5.74, 6) is 2.40. The van der Waals surface area contributed by atoms with Crippen molar-refractivity contribution in [3.8, 4) is 0 Å². The minimum absolute atomic E-state index is 0.189. The summed E-state index contributed by atoms with van der Waals surface area (Å²) in [5.41, 5.74) is 0.0985. The number of nitrogens with zero attached hydrogens (tertiary/aromatic N) is 1. The van der Waals surface area contributed by atoms with Crippen molar-refractivity contribution in [2.45, 2.75) is 63.7 Å². The first-order valence-electron chi connectivity index (χ1n) is 10.5. The van der Waals surface area contributed by atoms with Gasteiger partial charge in [-0.1, -0.05) is 24.6 Å². The summed E-state index contributed by atoms with van der Waals surface area (Å²) in [6.07, 6.45) is 3.31. The number of carbonyl (C=O) groups excluding carboxylic acids is 1. The predicted molar refractivity (Wildman–Crippen MR) is 101 cm³/mol. The monoisotopic (exact) mass is 394 g/mol. The first-order valence-corrected chi connectivity index (χ1v) is 10.5. The van der Waals surface area contributed by atoms with Crippen LogP contribution in [0.4, 0.5) is 13.2 Å². The number of alkyl halides is 3. The highest BCUT2D eigenvalue weighted by molar-refractivity contribution is 5.76. The van der Waals surface area contributed by atoms with Crippen molar-refractivity contribution >= 4 is 5.91 Å². The number of carbonyl (C=O) groups is 1. The molecule has 3 aliphatic rings. The normalized spacial score (nSPS) is 28.6. The van der Waals surface area contributed by atoms with Gasteiger partial charge in [0.05, 0.1) is 5.56 Å². The molecule has 3 nitrogen and oxygen atoms in total. The average molecular weight is 394 g/mol. The highest BCUT2D eigenvalue weighted by Gasteiger charge is 2.40. The third kappa shape index (κ3) is 4.70. The lowest BCUT2D eigenvalue weighted by molar-refractivity contribution is -0.137. The third-order valence-electron chi connectivity index (χ3n) is 6.95. The van der Waals surface area contributed by atoms with Crippen molar-refractivity contribution in [3.63, 3.8) is 0 Å². The van der Waals surface area contributed by atoms with Crippen LogP contribution in [0.1, 0.15) is 56.1 Å². The number of hydrogen-bond donors (Lipinski definition) is 1. The van der Waals surface area contributed by atoms with Gasteiger partial charge < -0.3 is 5.32 Å². The number of fused-ring (bicyclic) bond motifs is 2. The Hall–Kier alpha value is -1.56. The molecular weight excluding hydrogens is 365 g/mol. The van der Waals surface area contributed by atoms with E-state index in [-0.39, 0.29) is 11.9 Å². The molecule has 3 atom stereocenters. The SMILES string of the molecule is O=C(CC1CC2CCC1C2)NC1CCN(Cc2cccc(C(F)(F)F)c2)CC1. The molecule has 1 amide bonds. The van der Waals surface area contributed by atoms with Crippen LogP contribution in [0.25, 0.3) is 0 Å². The van der Waals surface area contributed by atoms with Gasteiger partial charge in [0.25, 0.3) is 0 Å². The molecule has 154 valence electrons. The molecule has 1 aromatic rings. The van der Waals surface area contributed by atoms with Crippen LogP contribution < -0.4 is 5.32 Å². The van der Waals surface area contributed by atoms with E-state index in [0.29, 0.717) is 24.4 Å². The predicted octanol–water partition coefficient (Wildman–Crippen LogP) is 4.61. The molecule has 2 bridgehead atoms. The summed E-state index contributed by atoms with van der Waals surface area (Å²) in [6, 6.07) is 5.77. The Morgan fingerprint density at radius 2 is 1.89 bits per heavy atom. The number of hydrogen-bond acceptors (Lipinski definition) is 2. The molecule has 1 saturated heterocycles. The molecule has 2 aliphatic carbocycles. The van der Waals surface area contributed by atoms with E-state index in [1.54, 1.807) is 6.07 Å². The van der Waals surface area contributed by atoms with Crippen LogP contribution in [0.3, 0.4) is 0 Å². The fraction of sp³-hybridized carbons (Fsp3) is 0.682. The summed E-state index contributed by atoms with van der Waals surface area (Å²) in [4.78, 5) is 14.6. The second-order valence-corrected chi connectivity index (χ2v) is 8.96. The van der Waals surface area contributed by atoms with Crippen LogP contribution in [0.5, 0.6) is 0 Å². The van der Waals surface area contributed by atoms with E-state index in [2.05, 4.69) is 10.2 Å². The lowest BCUT2D eigenvalue weighted by atomic mass is 9.86. The van der Waals surface area contributed by atoms with Crippen LogP contribution in [0.15, 0.2) is 24.3 Å². The van der Waals surface area contributed by atoms with Crippen LogP contribution in [-0.4, -0.2) is 29.9 Å². The standard InChI is InChI=1S/C22H29F3N2O/c23-22(24,25)19-3-1-2-16(12-19)14-27-8-6-20(7-9-27)26-21(28)13-18-11-15-4-5-17(18)10-15/h1-3,12,15,17-18,20H,4-11,13-14H2,(H,26,28). The smallest absolute Gasteiger partial charge is 0.353 e. The molecule has 3 unspecified atom stereocenters. The van der Waals surface area contributed by atoms with Gasteiger partial charge in [-0.2, -0.15) is 13.2 Å². The largest absolute Gasteiger partial charge is 0.416 e. The van der Waals surface area contributed by atoms with Crippen LogP contribution >= 0.6 is 0 Å². The number of amides is 1. The fourth-order valence-electron chi connectivity index (χ4n) is 5.49. The van der Waals surface area contributed by atoms with Gasteiger partial charge >= 0.3 is 6.18 Å². The fourth-order valence-corrected chi connectivity index (χ4v) is 5.49. The number of halogens is 3. The van der Waals surface area contributed by atoms with Crippen molar-refractivity contribution in [1.82, 2.24) is 10.2 Å². The van der Waals surface area contributed by atoms with E-state index >= 15 is 0 Å². The number of likely N-dealkylation sites (tertiary alicyclic amines) is 1. The van der Waals surface area contributed by atoms with Gasteiger partial charge in [-0.15, -0.1) is 0 Å². The summed E-state index contributed by atoms with van der Waals surface area (Å²) in [5, 5.41) is 3.20. The first kappa shape index (κ1) is 19.7. The third-order valence-corrected chi connectivity index (χ3v) is 6.95. The molecule has 6 heteroatoms. The van der Waals surface area contributed by atoms with Crippen molar-refractivity contribution < 1.29 is 18.0 Å². The molecule has 0 aromatic heterocycles. The van der Waals surface area contributed by atoms with Crippen LogP contribution in [0, 0.1) is 17.8 Å². The molecular formula is C22H29F3N2O. The maximum Gasteiger partial charge on any atom is 0.416 e. The highest BCUT2D eigenvalue weighted by Crippen LogP contribution is 2.49. The van der Waals surface area contributed by atoms with Gasteiger partial charge in [0.15, 0.2) is 0 Å². The number of rotatable bonds is 5.